The molecule has 0 saturated heterocycles. The van der Waals surface area contributed by atoms with Gasteiger partial charge >= 0.3 is 0 Å². The van der Waals surface area contributed by atoms with Crippen molar-refractivity contribution < 1.29 is 0 Å². The zero-order valence-electron chi connectivity index (χ0n) is 17.9. The molecule has 2 heteroatoms. The molecule has 0 heterocycles. The van der Waals surface area contributed by atoms with Gasteiger partial charge in [0, 0.05) is 0 Å². The topological polar surface area (TPSA) is 52.0 Å². The van der Waals surface area contributed by atoms with Crippen molar-refractivity contribution in [3.05, 3.63) is 107 Å². The minimum absolute atomic E-state index is 1.00. The molecule has 3 aromatic rings. The molecule has 0 radical (unpaired) electrons. The van der Waals surface area contributed by atoms with Crippen molar-refractivity contribution in [1.29, 1.82) is 0 Å². The highest BCUT2D eigenvalue weighted by molar-refractivity contribution is 5.98. The van der Waals surface area contributed by atoms with Crippen LogP contribution in [0.5, 0.6) is 0 Å². The summed E-state index contributed by atoms with van der Waals surface area (Å²) < 4.78 is 0. The maximum absolute atomic E-state index is 4.00. The van der Waals surface area contributed by atoms with E-state index in [1.165, 1.54) is 39.0 Å². The number of nitrogens with two attached hydrogens (primary N) is 2. The van der Waals surface area contributed by atoms with E-state index in [2.05, 4.69) is 111 Å². The average molecular weight is 375 g/mol. The monoisotopic (exact) mass is 374 g/mol. The lowest BCUT2D eigenvalue weighted by Gasteiger charge is -2.16. The van der Waals surface area contributed by atoms with Crippen LogP contribution in [0.15, 0.2) is 78.9 Å². The van der Waals surface area contributed by atoms with Gasteiger partial charge in [0.05, 0.1) is 0 Å². The fourth-order valence-electron chi connectivity index (χ4n) is 3.12. The van der Waals surface area contributed by atoms with E-state index in [1.807, 2.05) is 13.8 Å². The minimum atomic E-state index is 1.00. The number of aryl methyl sites for hydroxylation is 2. The lowest BCUT2D eigenvalue weighted by molar-refractivity contribution is 1.24. The highest BCUT2D eigenvalue weighted by Gasteiger charge is 2.12. The van der Waals surface area contributed by atoms with E-state index in [0.717, 1.165) is 6.42 Å². The molecule has 2 nitrogen and oxygen atoms in total. The van der Waals surface area contributed by atoms with Crippen LogP contribution in [-0.4, -0.2) is 0 Å². The number of hydrogen-bond donors (Lipinski definition) is 2. The smallest absolute Gasteiger partial charge is 0.00735 e. The van der Waals surface area contributed by atoms with Crippen LogP contribution in [0.25, 0.3) is 11.1 Å². The van der Waals surface area contributed by atoms with Crippen LogP contribution in [0.4, 0.5) is 0 Å². The van der Waals surface area contributed by atoms with E-state index < -0.39 is 0 Å². The summed E-state index contributed by atoms with van der Waals surface area (Å²) in [6.07, 6.45) is 1.00. The zero-order valence-corrected chi connectivity index (χ0v) is 17.9. The molecule has 0 amide bonds. The summed E-state index contributed by atoms with van der Waals surface area (Å²) in [5.41, 5.74) is 9.18. The molecule has 148 valence electrons. The van der Waals surface area contributed by atoms with Gasteiger partial charge in [-0.15, -0.1) is 0 Å². The molecule has 4 N–H and O–H groups in total. The Labute approximate surface area is 170 Å². The van der Waals surface area contributed by atoms with Crippen LogP contribution >= 0.6 is 0 Å². The Bertz CT molecular complexity index is 782. The third-order valence-corrected chi connectivity index (χ3v) is 4.46. The molecule has 0 aliphatic carbocycles. The van der Waals surface area contributed by atoms with Crippen molar-refractivity contribution >= 4 is 11.1 Å². The van der Waals surface area contributed by atoms with Gasteiger partial charge in [-0.05, 0) is 48.1 Å². The van der Waals surface area contributed by atoms with Crippen molar-refractivity contribution in [3.63, 3.8) is 0 Å². The molecule has 3 aromatic carbocycles. The summed E-state index contributed by atoms with van der Waals surface area (Å²) in [5.74, 6) is 8.00. The lowest BCUT2D eigenvalue weighted by Crippen LogP contribution is -2.02. The van der Waals surface area contributed by atoms with Crippen molar-refractivity contribution in [1.82, 2.24) is 0 Å². The minimum Gasteiger partial charge on any atom is -0.274 e. The van der Waals surface area contributed by atoms with Crippen molar-refractivity contribution in [3.8, 4) is 0 Å². The predicted octanol–water partition coefficient (Wildman–Crippen LogP) is 6.52. The maximum Gasteiger partial charge on any atom is -0.00735 e. The normalized spacial score (nSPS) is 9.39. The standard InChI is InChI=1S/C24H24.C2H6.H4N2/c1-4-23(20-8-6-5-7-9-20)24(21-14-10-18(2)11-15-21)22-16-12-19(3)13-17-22;2*1-2/h5-17H,4H2,1-3H3;1-2H3;1-2H2. The third kappa shape index (κ3) is 6.19. The van der Waals surface area contributed by atoms with Gasteiger partial charge in [-0.25, -0.2) is 0 Å². The fraction of sp³-hybridized carbons (Fsp3) is 0.231. The summed E-state index contributed by atoms with van der Waals surface area (Å²) in [7, 11) is 0. The second-order valence-corrected chi connectivity index (χ2v) is 6.31. The van der Waals surface area contributed by atoms with E-state index in [1.54, 1.807) is 0 Å². The lowest BCUT2D eigenvalue weighted by atomic mass is 9.88. The summed E-state index contributed by atoms with van der Waals surface area (Å²) in [6, 6.07) is 28.5. The van der Waals surface area contributed by atoms with E-state index in [9.17, 15) is 0 Å². The van der Waals surface area contributed by atoms with Crippen LogP contribution in [0.1, 0.15) is 55.0 Å². The summed E-state index contributed by atoms with van der Waals surface area (Å²) in [5, 5.41) is 0. The Balaban J connectivity index is 0.000000921. The largest absolute Gasteiger partial charge is 0.274 e. The fourth-order valence-corrected chi connectivity index (χ4v) is 3.12. The highest BCUT2D eigenvalue weighted by Crippen LogP contribution is 2.34. The Morgan fingerprint density at radius 3 is 1.36 bits per heavy atom. The molecule has 0 unspecified atom stereocenters. The number of allylic oxidation sites excluding steroid dienone is 1. The third-order valence-electron chi connectivity index (χ3n) is 4.46. The quantitative estimate of drug-likeness (QED) is 0.310. The molecule has 0 spiro atoms. The summed E-state index contributed by atoms with van der Waals surface area (Å²) in [4.78, 5) is 0. The summed E-state index contributed by atoms with van der Waals surface area (Å²) in [6.45, 7) is 10.5. The van der Waals surface area contributed by atoms with Crippen LogP contribution in [0, 0.1) is 13.8 Å². The van der Waals surface area contributed by atoms with Crippen LogP contribution in [0.2, 0.25) is 0 Å². The molecule has 0 atom stereocenters. The average Bonchev–Trinajstić information content (AvgIpc) is 2.77. The number of rotatable bonds is 4. The molecular weight excluding hydrogens is 340 g/mol. The summed E-state index contributed by atoms with van der Waals surface area (Å²) >= 11 is 0. The second kappa shape index (κ2) is 12.7. The molecule has 0 saturated carbocycles. The zero-order chi connectivity index (χ0) is 20.9. The van der Waals surface area contributed by atoms with E-state index in [-0.39, 0.29) is 0 Å². The van der Waals surface area contributed by atoms with E-state index in [4.69, 9.17) is 0 Å². The van der Waals surface area contributed by atoms with Crippen molar-refractivity contribution in [2.45, 2.75) is 41.0 Å². The van der Waals surface area contributed by atoms with Crippen LogP contribution < -0.4 is 11.7 Å². The SMILES string of the molecule is CC.CCC(=C(c1ccc(C)cc1)c1ccc(C)cc1)c1ccccc1.NN. The Hall–Kier alpha value is -2.68. The maximum atomic E-state index is 4.00. The number of benzene rings is 3. The highest BCUT2D eigenvalue weighted by atomic mass is 15.0. The van der Waals surface area contributed by atoms with Gasteiger partial charge in [-0.3, -0.25) is 11.7 Å². The first-order chi connectivity index (χ1) is 13.7. The first kappa shape index (κ1) is 23.4. The van der Waals surface area contributed by atoms with Crippen molar-refractivity contribution in [2.75, 3.05) is 0 Å². The second-order valence-electron chi connectivity index (χ2n) is 6.31. The van der Waals surface area contributed by atoms with Gasteiger partial charge in [-0.2, -0.15) is 0 Å². The van der Waals surface area contributed by atoms with Gasteiger partial charge in [0.25, 0.3) is 0 Å². The Kier molecular flexibility index (Phi) is 10.6. The first-order valence-corrected chi connectivity index (χ1v) is 9.95. The molecule has 0 aromatic heterocycles. The Morgan fingerprint density at radius 2 is 1.00 bits per heavy atom. The Morgan fingerprint density at radius 1 is 0.607 bits per heavy atom. The first-order valence-electron chi connectivity index (χ1n) is 9.95. The molecule has 28 heavy (non-hydrogen) atoms. The van der Waals surface area contributed by atoms with Gasteiger partial charge in [0.2, 0.25) is 0 Å². The molecule has 3 rings (SSSR count). The molecule has 0 bridgehead atoms. The van der Waals surface area contributed by atoms with Gasteiger partial charge in [0.15, 0.2) is 0 Å². The van der Waals surface area contributed by atoms with Crippen LogP contribution in [0.3, 0.4) is 0 Å². The van der Waals surface area contributed by atoms with E-state index >= 15 is 0 Å². The molecule has 0 aliphatic rings. The van der Waals surface area contributed by atoms with Crippen LogP contribution in [-0.2, 0) is 0 Å². The predicted molar refractivity (Wildman–Crippen MR) is 125 cm³/mol. The van der Waals surface area contributed by atoms with Crippen molar-refractivity contribution in [2.24, 2.45) is 11.7 Å². The number of hydrazine groups is 1. The molecule has 0 fully saturated rings. The van der Waals surface area contributed by atoms with Gasteiger partial charge < -0.3 is 0 Å². The van der Waals surface area contributed by atoms with E-state index in [0.29, 0.717) is 0 Å². The molecular formula is C26H34N2. The number of hydrogen-bond acceptors (Lipinski definition) is 2. The van der Waals surface area contributed by atoms with Gasteiger partial charge in [0.1, 0.15) is 0 Å². The molecule has 0 aliphatic heterocycles. The van der Waals surface area contributed by atoms with Gasteiger partial charge in [-0.1, -0.05) is 111 Å².